The molecule has 1 aliphatic rings. The van der Waals surface area contributed by atoms with Crippen molar-refractivity contribution in [2.24, 2.45) is 0 Å². The van der Waals surface area contributed by atoms with Gasteiger partial charge in [-0.1, -0.05) is 176 Å². The number of thioether (sulfide) groups is 1. The van der Waals surface area contributed by atoms with Crippen LogP contribution in [0.1, 0.15) is 51.4 Å². The summed E-state index contributed by atoms with van der Waals surface area (Å²) in [5.74, 6) is 0. The summed E-state index contributed by atoms with van der Waals surface area (Å²) < 4.78 is 27.2. The first kappa shape index (κ1) is 40.0. The van der Waals surface area contributed by atoms with E-state index < -0.39 is 23.2 Å². The predicted octanol–water partition coefficient (Wildman–Crippen LogP) is 10.7. The van der Waals surface area contributed by atoms with E-state index in [1.807, 2.05) is 115 Å². The van der Waals surface area contributed by atoms with Crippen LogP contribution in [0.2, 0.25) is 5.02 Å². The number of halogens is 1. The Morgan fingerprint density at radius 1 is 0.554 bits per heavy atom. The number of ether oxygens (including phenoxy) is 4. The highest BCUT2D eigenvalue weighted by atomic mass is 35.5. The van der Waals surface area contributed by atoms with E-state index >= 15 is 0 Å². The summed E-state index contributed by atoms with van der Waals surface area (Å²) in [5, 5.41) is 13.7. The van der Waals surface area contributed by atoms with Crippen molar-refractivity contribution in [1.29, 1.82) is 0 Å². The Labute approximate surface area is 340 Å². The lowest BCUT2D eigenvalue weighted by Crippen LogP contribution is -2.61. The lowest BCUT2D eigenvalue weighted by atomic mass is 9.91. The molecule has 1 aliphatic heterocycles. The van der Waals surface area contributed by atoms with E-state index in [1.165, 1.54) is 17.3 Å². The van der Waals surface area contributed by atoms with Crippen LogP contribution in [0.15, 0.2) is 164 Å². The van der Waals surface area contributed by atoms with E-state index in [0.29, 0.717) is 43.4 Å². The zero-order valence-corrected chi connectivity index (χ0v) is 33.3. The van der Waals surface area contributed by atoms with Gasteiger partial charge in [-0.05, 0) is 63.4 Å². The molecule has 0 radical (unpaired) electrons. The smallest absolute Gasteiger partial charge is 0.165 e. The molecule has 0 saturated carbocycles. The van der Waals surface area contributed by atoms with Gasteiger partial charge in [-0.3, -0.25) is 0 Å². The van der Waals surface area contributed by atoms with Gasteiger partial charge in [0.2, 0.25) is 0 Å². The molecule has 1 saturated heterocycles. The summed E-state index contributed by atoms with van der Waals surface area (Å²) >= 11 is 8.32. The molecule has 288 valence electrons. The monoisotopic (exact) mass is 784 g/mol. The molecule has 0 aromatic heterocycles. The Kier molecular flexibility index (Phi) is 14.1. The van der Waals surface area contributed by atoms with Crippen LogP contribution in [0.5, 0.6) is 0 Å². The molecule has 6 aromatic rings. The molecular weight excluding hydrogens is 736 g/mol. The van der Waals surface area contributed by atoms with Gasteiger partial charge < -0.3 is 24.1 Å². The quantitative estimate of drug-likeness (QED) is 0.0994. The van der Waals surface area contributed by atoms with Gasteiger partial charge in [-0.2, -0.15) is 0 Å². The van der Waals surface area contributed by atoms with E-state index in [4.69, 9.17) is 30.5 Å². The highest BCUT2D eigenvalue weighted by molar-refractivity contribution is 8.00. The summed E-state index contributed by atoms with van der Waals surface area (Å²) in [6, 6.07) is 54.9. The van der Waals surface area contributed by atoms with Crippen LogP contribution in [0.3, 0.4) is 0 Å². The van der Waals surface area contributed by atoms with Crippen LogP contribution in [0.25, 0.3) is 0 Å². The molecule has 5 nitrogen and oxygen atoms in total. The number of hydrogen-bond donors (Lipinski definition) is 1. The fraction of sp³-hybridized carbons (Fsp3) is 0.265. The molecule has 6 aromatic carbocycles. The number of aryl methyl sites for hydroxylation is 1. The molecule has 0 bridgehead atoms. The van der Waals surface area contributed by atoms with Crippen molar-refractivity contribution in [1.82, 2.24) is 0 Å². The van der Waals surface area contributed by atoms with Crippen molar-refractivity contribution in [3.05, 3.63) is 213 Å². The van der Waals surface area contributed by atoms with Gasteiger partial charge in [0.15, 0.2) is 4.93 Å². The van der Waals surface area contributed by atoms with Crippen LogP contribution in [-0.2, 0) is 63.1 Å². The van der Waals surface area contributed by atoms with Crippen LogP contribution in [0, 0.1) is 0 Å². The van der Waals surface area contributed by atoms with Crippen molar-refractivity contribution >= 4 is 23.4 Å². The van der Waals surface area contributed by atoms with Crippen molar-refractivity contribution in [2.75, 3.05) is 6.61 Å². The van der Waals surface area contributed by atoms with Crippen molar-refractivity contribution in [2.45, 2.75) is 74.7 Å². The molecule has 7 rings (SSSR count). The molecule has 1 heterocycles. The average molecular weight is 785 g/mol. The van der Waals surface area contributed by atoms with E-state index in [9.17, 15) is 5.11 Å². The topological polar surface area (TPSA) is 57.2 Å². The lowest BCUT2D eigenvalue weighted by molar-refractivity contribution is -0.199. The first-order valence-corrected chi connectivity index (χ1v) is 20.6. The summed E-state index contributed by atoms with van der Waals surface area (Å²) in [6.07, 6.45) is -0.455. The third-order valence-corrected chi connectivity index (χ3v) is 12.1. The van der Waals surface area contributed by atoms with Gasteiger partial charge in [0, 0.05) is 5.02 Å². The maximum atomic E-state index is 13.4. The Balaban J connectivity index is 1.29. The summed E-state index contributed by atoms with van der Waals surface area (Å²) in [6.45, 7) is 3.82. The molecule has 5 atom stereocenters. The zero-order valence-electron chi connectivity index (χ0n) is 31.7. The summed E-state index contributed by atoms with van der Waals surface area (Å²) in [7, 11) is 0. The fourth-order valence-corrected chi connectivity index (χ4v) is 8.91. The predicted molar refractivity (Wildman–Crippen MR) is 227 cm³/mol. The van der Waals surface area contributed by atoms with E-state index in [2.05, 4.69) is 55.5 Å². The second-order valence-electron chi connectivity index (χ2n) is 14.2. The van der Waals surface area contributed by atoms with Crippen LogP contribution in [0.4, 0.5) is 0 Å². The largest absolute Gasteiger partial charge is 0.376 e. The standard InChI is InChI=1S/C49H49ClO5S/c1-2-36-23-25-37(26-24-36)29-42-30-43(27-28-44(42)50)49(51)48(55-34-41-21-13-6-14-22-41)47(54-33-40-19-11-5-12-20-40)46(53-32-39-17-9-4-10-18-39)45(56-49)35-52-31-38-15-7-3-8-16-38/h3-28,30,45-48,51H,2,29,31-35H2,1H3/t45-,46-,47+,48-,49?/m1/s1. The van der Waals surface area contributed by atoms with Gasteiger partial charge in [-0.15, -0.1) is 11.8 Å². The second-order valence-corrected chi connectivity index (χ2v) is 16.1. The molecular formula is C49H49ClO5S. The second kappa shape index (κ2) is 19.8. The van der Waals surface area contributed by atoms with E-state index in [0.717, 1.165) is 39.8 Å². The normalized spacial score (nSPS) is 20.8. The van der Waals surface area contributed by atoms with Gasteiger partial charge in [0.25, 0.3) is 0 Å². The van der Waals surface area contributed by atoms with Crippen molar-refractivity contribution in [3.63, 3.8) is 0 Å². The molecule has 7 heteroatoms. The van der Waals surface area contributed by atoms with Crippen molar-refractivity contribution < 1.29 is 24.1 Å². The Bertz CT molecular complexity index is 2070. The van der Waals surface area contributed by atoms with Crippen LogP contribution in [-0.4, -0.2) is 35.3 Å². The Hall–Kier alpha value is -4.24. The number of aliphatic hydroxyl groups is 1. The third kappa shape index (κ3) is 10.4. The number of rotatable bonds is 17. The van der Waals surface area contributed by atoms with Gasteiger partial charge in [0.05, 0.1) is 38.3 Å². The van der Waals surface area contributed by atoms with Crippen LogP contribution < -0.4 is 0 Å². The summed E-state index contributed by atoms with van der Waals surface area (Å²) in [4.78, 5) is -1.57. The molecule has 0 amide bonds. The molecule has 1 fully saturated rings. The van der Waals surface area contributed by atoms with Gasteiger partial charge in [0.1, 0.15) is 18.3 Å². The first-order valence-electron chi connectivity index (χ1n) is 19.3. The Morgan fingerprint density at radius 2 is 1.04 bits per heavy atom. The molecule has 0 aliphatic carbocycles. The minimum Gasteiger partial charge on any atom is -0.376 e. The highest BCUT2D eigenvalue weighted by Gasteiger charge is 2.56. The maximum absolute atomic E-state index is 13.4. The molecule has 1 N–H and O–H groups in total. The van der Waals surface area contributed by atoms with E-state index in [1.54, 1.807) is 0 Å². The SMILES string of the molecule is CCc1ccc(Cc2cc(C3(O)S[C@H](COCc4ccccc4)[C@@H](OCc4ccccc4)[C@H](OCc4ccccc4)[C@H]3OCc3ccccc3)ccc2Cl)cc1. The van der Waals surface area contributed by atoms with Gasteiger partial charge in [-0.25, -0.2) is 0 Å². The zero-order chi connectivity index (χ0) is 38.6. The highest BCUT2D eigenvalue weighted by Crippen LogP contribution is 2.51. The number of benzene rings is 6. The average Bonchev–Trinajstić information content (AvgIpc) is 3.24. The summed E-state index contributed by atoms with van der Waals surface area (Å²) in [5.41, 5.74) is 8.15. The van der Waals surface area contributed by atoms with Crippen LogP contribution >= 0.6 is 23.4 Å². The maximum Gasteiger partial charge on any atom is 0.165 e. The Morgan fingerprint density at radius 3 is 1.57 bits per heavy atom. The fourth-order valence-electron chi connectivity index (χ4n) is 7.13. The van der Waals surface area contributed by atoms with E-state index in [-0.39, 0.29) is 11.9 Å². The first-order chi connectivity index (χ1) is 27.5. The number of hydrogen-bond acceptors (Lipinski definition) is 6. The minimum absolute atomic E-state index is 0.268. The minimum atomic E-state index is -1.57. The third-order valence-electron chi connectivity index (χ3n) is 10.2. The molecule has 0 spiro atoms. The molecule has 56 heavy (non-hydrogen) atoms. The lowest BCUT2D eigenvalue weighted by Gasteiger charge is -2.50. The van der Waals surface area contributed by atoms with Crippen molar-refractivity contribution in [3.8, 4) is 0 Å². The van der Waals surface area contributed by atoms with Gasteiger partial charge >= 0.3 is 0 Å². The molecule has 1 unspecified atom stereocenters.